The molecule has 2 rings (SSSR count). The van der Waals surface area contributed by atoms with Gasteiger partial charge in [-0.05, 0) is 29.6 Å². The molecular formula is C16H18N2O4S. The Morgan fingerprint density at radius 2 is 1.87 bits per heavy atom. The van der Waals surface area contributed by atoms with Crippen molar-refractivity contribution in [1.29, 1.82) is 0 Å². The summed E-state index contributed by atoms with van der Waals surface area (Å²) in [6.07, 6.45) is 0. The van der Waals surface area contributed by atoms with Crippen LogP contribution in [0.4, 0.5) is 0 Å². The Balaban J connectivity index is 1.85. The molecule has 0 fully saturated rings. The maximum atomic E-state index is 12.1. The van der Waals surface area contributed by atoms with Gasteiger partial charge >= 0.3 is 0 Å². The Kier molecular flexibility index (Phi) is 5.99. The minimum absolute atomic E-state index is 0.0848. The lowest BCUT2D eigenvalue weighted by Gasteiger charge is -2.10. The van der Waals surface area contributed by atoms with Crippen LogP contribution in [-0.4, -0.2) is 32.6 Å². The number of amides is 2. The summed E-state index contributed by atoms with van der Waals surface area (Å²) in [6.45, 7) is 0.376. The molecule has 0 spiro atoms. The molecule has 2 aromatic rings. The molecule has 1 aromatic heterocycles. The molecule has 0 aliphatic rings. The molecule has 0 aliphatic carbocycles. The first-order valence-corrected chi connectivity index (χ1v) is 7.81. The molecular weight excluding hydrogens is 316 g/mol. The zero-order valence-corrected chi connectivity index (χ0v) is 13.7. The standard InChI is InChI=1S/C16H18N2O4S/c1-21-13-6-5-11(8-14(13)22-2)16(20)18-10-15(19)17-9-12-4-3-7-23-12/h3-8H,9-10H2,1-2H3,(H,17,19)(H,18,20). The first kappa shape index (κ1) is 16.8. The second-order valence-electron chi connectivity index (χ2n) is 4.61. The number of hydrogen-bond acceptors (Lipinski definition) is 5. The highest BCUT2D eigenvalue weighted by atomic mass is 32.1. The van der Waals surface area contributed by atoms with Gasteiger partial charge in [0.2, 0.25) is 5.91 Å². The van der Waals surface area contributed by atoms with Gasteiger partial charge in [-0.2, -0.15) is 0 Å². The van der Waals surface area contributed by atoms with Gasteiger partial charge in [-0.3, -0.25) is 9.59 Å². The van der Waals surface area contributed by atoms with Crippen molar-refractivity contribution in [3.8, 4) is 11.5 Å². The summed E-state index contributed by atoms with van der Waals surface area (Å²) in [5.74, 6) is 0.407. The van der Waals surface area contributed by atoms with Crippen molar-refractivity contribution in [2.24, 2.45) is 0 Å². The van der Waals surface area contributed by atoms with Crippen LogP contribution in [0.15, 0.2) is 35.7 Å². The van der Waals surface area contributed by atoms with Crippen LogP contribution in [0.1, 0.15) is 15.2 Å². The van der Waals surface area contributed by atoms with E-state index in [2.05, 4.69) is 10.6 Å². The predicted molar refractivity (Wildman–Crippen MR) is 88.0 cm³/mol. The molecule has 0 radical (unpaired) electrons. The molecule has 0 aliphatic heterocycles. The first-order valence-electron chi connectivity index (χ1n) is 6.93. The Hall–Kier alpha value is -2.54. The topological polar surface area (TPSA) is 76.7 Å². The van der Waals surface area contributed by atoms with Crippen molar-refractivity contribution in [3.63, 3.8) is 0 Å². The Bertz CT molecular complexity index is 671. The van der Waals surface area contributed by atoms with Crippen LogP contribution in [0.25, 0.3) is 0 Å². The van der Waals surface area contributed by atoms with Gasteiger partial charge in [0, 0.05) is 10.4 Å². The lowest BCUT2D eigenvalue weighted by molar-refractivity contribution is -0.120. The van der Waals surface area contributed by atoms with Crippen molar-refractivity contribution in [2.75, 3.05) is 20.8 Å². The third-order valence-electron chi connectivity index (χ3n) is 3.10. The number of carbonyl (C=O) groups excluding carboxylic acids is 2. The lowest BCUT2D eigenvalue weighted by Crippen LogP contribution is -2.36. The molecule has 0 unspecified atom stereocenters. The zero-order chi connectivity index (χ0) is 16.7. The minimum atomic E-state index is -0.350. The van der Waals surface area contributed by atoms with Crippen LogP contribution in [0.5, 0.6) is 11.5 Å². The van der Waals surface area contributed by atoms with Crippen LogP contribution >= 0.6 is 11.3 Å². The predicted octanol–water partition coefficient (Wildman–Crippen LogP) is 1.81. The van der Waals surface area contributed by atoms with Crippen LogP contribution in [0, 0.1) is 0 Å². The maximum absolute atomic E-state index is 12.1. The molecule has 0 saturated heterocycles. The van der Waals surface area contributed by atoms with Crippen molar-refractivity contribution in [3.05, 3.63) is 46.2 Å². The molecule has 1 aromatic carbocycles. The molecule has 7 heteroatoms. The number of ether oxygens (including phenoxy) is 2. The zero-order valence-electron chi connectivity index (χ0n) is 12.9. The fourth-order valence-electron chi connectivity index (χ4n) is 1.90. The molecule has 122 valence electrons. The van der Waals surface area contributed by atoms with Gasteiger partial charge in [0.25, 0.3) is 5.91 Å². The summed E-state index contributed by atoms with van der Waals surface area (Å²) in [6, 6.07) is 8.68. The average Bonchev–Trinajstić information content (AvgIpc) is 3.10. The summed E-state index contributed by atoms with van der Waals surface area (Å²) in [4.78, 5) is 24.9. The molecule has 2 amide bonds. The molecule has 2 N–H and O–H groups in total. The van der Waals surface area contributed by atoms with Gasteiger partial charge in [-0.25, -0.2) is 0 Å². The number of hydrogen-bond donors (Lipinski definition) is 2. The van der Waals surface area contributed by atoms with Crippen molar-refractivity contribution in [1.82, 2.24) is 10.6 Å². The van der Waals surface area contributed by atoms with Crippen LogP contribution in [0.2, 0.25) is 0 Å². The fraction of sp³-hybridized carbons (Fsp3) is 0.250. The highest BCUT2D eigenvalue weighted by Gasteiger charge is 2.11. The van der Waals surface area contributed by atoms with E-state index in [9.17, 15) is 9.59 Å². The van der Waals surface area contributed by atoms with E-state index in [4.69, 9.17) is 9.47 Å². The van der Waals surface area contributed by atoms with Crippen LogP contribution in [0.3, 0.4) is 0 Å². The second kappa shape index (κ2) is 8.19. The van der Waals surface area contributed by atoms with Gasteiger partial charge < -0.3 is 20.1 Å². The normalized spacial score (nSPS) is 10.0. The van der Waals surface area contributed by atoms with E-state index in [1.165, 1.54) is 14.2 Å². The van der Waals surface area contributed by atoms with Gasteiger partial charge in [-0.1, -0.05) is 6.07 Å². The van der Waals surface area contributed by atoms with Crippen molar-refractivity contribution >= 4 is 23.2 Å². The third kappa shape index (κ3) is 4.72. The summed E-state index contributed by atoms with van der Waals surface area (Å²) in [5.41, 5.74) is 0.397. The fourth-order valence-corrected chi connectivity index (χ4v) is 2.55. The monoisotopic (exact) mass is 334 g/mol. The van der Waals surface area contributed by atoms with E-state index >= 15 is 0 Å². The van der Waals surface area contributed by atoms with E-state index in [1.54, 1.807) is 29.5 Å². The average molecular weight is 334 g/mol. The number of benzene rings is 1. The third-order valence-corrected chi connectivity index (χ3v) is 3.97. The van der Waals surface area contributed by atoms with Gasteiger partial charge in [-0.15, -0.1) is 11.3 Å². The largest absolute Gasteiger partial charge is 0.493 e. The molecule has 23 heavy (non-hydrogen) atoms. The molecule has 0 bridgehead atoms. The van der Waals surface area contributed by atoms with Gasteiger partial charge in [0.15, 0.2) is 11.5 Å². The minimum Gasteiger partial charge on any atom is -0.493 e. The van der Waals surface area contributed by atoms with E-state index in [1.807, 2.05) is 17.5 Å². The summed E-state index contributed by atoms with van der Waals surface area (Å²) in [5, 5.41) is 7.26. The second-order valence-corrected chi connectivity index (χ2v) is 5.64. The van der Waals surface area contributed by atoms with E-state index in [0.29, 0.717) is 23.6 Å². The molecule has 1 heterocycles. The van der Waals surface area contributed by atoms with E-state index < -0.39 is 0 Å². The van der Waals surface area contributed by atoms with E-state index in [-0.39, 0.29) is 18.4 Å². The highest BCUT2D eigenvalue weighted by molar-refractivity contribution is 7.09. The number of methoxy groups -OCH3 is 2. The summed E-state index contributed by atoms with van der Waals surface area (Å²) in [7, 11) is 3.02. The highest BCUT2D eigenvalue weighted by Crippen LogP contribution is 2.27. The van der Waals surface area contributed by atoms with Crippen molar-refractivity contribution in [2.45, 2.75) is 6.54 Å². The number of rotatable bonds is 7. The maximum Gasteiger partial charge on any atom is 0.251 e. The Morgan fingerprint density at radius 1 is 1.09 bits per heavy atom. The van der Waals surface area contributed by atoms with Gasteiger partial charge in [0.05, 0.1) is 27.3 Å². The lowest BCUT2D eigenvalue weighted by atomic mass is 10.2. The van der Waals surface area contributed by atoms with Gasteiger partial charge in [0.1, 0.15) is 0 Å². The summed E-state index contributed by atoms with van der Waals surface area (Å²) < 4.78 is 10.3. The van der Waals surface area contributed by atoms with Crippen LogP contribution in [-0.2, 0) is 11.3 Å². The Morgan fingerprint density at radius 3 is 2.52 bits per heavy atom. The first-order chi connectivity index (χ1) is 11.1. The van der Waals surface area contributed by atoms with Crippen molar-refractivity contribution < 1.29 is 19.1 Å². The Labute approximate surface area is 138 Å². The van der Waals surface area contributed by atoms with Crippen LogP contribution < -0.4 is 20.1 Å². The summed E-state index contributed by atoms with van der Waals surface area (Å²) >= 11 is 1.57. The smallest absolute Gasteiger partial charge is 0.251 e. The quantitative estimate of drug-likeness (QED) is 0.810. The molecule has 0 atom stereocenters. The number of carbonyl (C=O) groups is 2. The number of thiophene rings is 1. The SMILES string of the molecule is COc1ccc(C(=O)NCC(=O)NCc2cccs2)cc1OC. The van der Waals surface area contributed by atoms with E-state index in [0.717, 1.165) is 4.88 Å². The molecule has 6 nitrogen and oxygen atoms in total. The number of nitrogens with one attached hydrogen (secondary N) is 2. The molecule has 0 saturated carbocycles.